The Morgan fingerprint density at radius 2 is 1.67 bits per heavy atom. The summed E-state index contributed by atoms with van der Waals surface area (Å²) in [7, 11) is 5.30. The summed E-state index contributed by atoms with van der Waals surface area (Å²) in [4.78, 5) is 15.1. The zero-order valence-electron chi connectivity index (χ0n) is 39.3. The molecule has 0 aromatic heterocycles. The van der Waals surface area contributed by atoms with Crippen LogP contribution >= 0.6 is 0 Å². The second kappa shape index (κ2) is 19.9. The average Bonchev–Trinajstić information content (AvgIpc) is 3.60. The van der Waals surface area contributed by atoms with Crippen LogP contribution in [0.3, 0.4) is 0 Å². The zero-order chi connectivity index (χ0) is 45.4. The highest BCUT2D eigenvalue weighted by atomic mass is 16.7. The molecule has 19 atom stereocenters. The molecule has 10 unspecified atom stereocenters. The fourth-order valence-electron chi connectivity index (χ4n) is 11.2. The molecule has 354 valence electrons. The first-order chi connectivity index (χ1) is 30.0. The molecule has 1 spiro atoms. The lowest BCUT2D eigenvalue weighted by Crippen LogP contribution is -2.66. The van der Waals surface area contributed by atoms with E-state index in [-0.39, 0.29) is 60.9 Å². The van der Waals surface area contributed by atoms with Gasteiger partial charge in [-0.05, 0) is 75.8 Å². The number of rotatable bonds is 9. The minimum Gasteiger partial charge on any atom is -0.461 e. The van der Waals surface area contributed by atoms with Crippen molar-refractivity contribution < 1.29 is 62.4 Å². The van der Waals surface area contributed by atoms with Crippen molar-refractivity contribution in [3.05, 3.63) is 59.3 Å². The molecule has 0 aromatic carbocycles. The van der Waals surface area contributed by atoms with E-state index in [1.165, 1.54) is 0 Å². The second-order valence-corrected chi connectivity index (χ2v) is 19.3. The normalized spacial score (nSPS) is 46.4. The first kappa shape index (κ1) is 48.6. The summed E-state index contributed by atoms with van der Waals surface area (Å²) < 4.78 is 64.4. The molecule has 0 aromatic rings. The maximum absolute atomic E-state index is 15.1. The number of nitrogens with one attached hydrogen (secondary N) is 1. The van der Waals surface area contributed by atoms with E-state index >= 15 is 4.79 Å². The molecule has 0 saturated carbocycles. The molecule has 1 aliphatic carbocycles. The Kier molecular flexibility index (Phi) is 15.3. The van der Waals surface area contributed by atoms with E-state index in [1.54, 1.807) is 27.2 Å². The van der Waals surface area contributed by atoms with Crippen molar-refractivity contribution in [2.75, 3.05) is 34.5 Å². The number of aliphatic hydroxyl groups excluding tert-OH is 1. The lowest BCUT2D eigenvalue weighted by molar-refractivity contribution is -0.312. The first-order valence-electron chi connectivity index (χ1n) is 23.4. The average molecular weight is 886 g/mol. The fourth-order valence-corrected chi connectivity index (χ4v) is 11.2. The molecule has 4 fully saturated rings. The number of methoxy groups -OCH3 is 2. The number of carbonyl (C=O) groups excluding carboxylic acids is 1. The van der Waals surface area contributed by atoms with E-state index in [2.05, 4.69) is 38.2 Å². The number of esters is 1. The third-order valence-electron chi connectivity index (χ3n) is 15.0. The van der Waals surface area contributed by atoms with Gasteiger partial charge in [0.25, 0.3) is 0 Å². The molecule has 14 heteroatoms. The highest BCUT2D eigenvalue weighted by molar-refractivity contribution is 5.84. The first-order valence-corrected chi connectivity index (χ1v) is 23.4. The molecule has 14 nitrogen and oxygen atoms in total. The van der Waals surface area contributed by atoms with Gasteiger partial charge in [0.05, 0.1) is 55.9 Å². The van der Waals surface area contributed by atoms with Crippen LogP contribution in [0.25, 0.3) is 0 Å². The minimum atomic E-state index is -1.90. The standard InChI is InChI=1S/C49H75NO13/c1-12-31(6)48-23-30(5)42(51)45-49(48,53)34(26-56-45)15-13-14-28(3)43(29(4)16-17-35-20-36(60-46(48)52)24-47(63-35)19-18-27(2)25-57-47)61-40-22-38(55-11)44(33(8)59-40)62-39-21-37(54-10)41(50-9)32(7)58-39/h13-16,18-19,23,27-28,31-33,35-45,50-51,53H,12,17,20-22,24-26H2,1-11H3/t27?,28?,31-,32-,33-,35?,36?,37-,38-,39-,40-,41-,42?,43?,44-,45?,47?,48?,49?/m0/s1. The molecule has 2 bridgehead atoms. The van der Waals surface area contributed by atoms with Crippen LogP contribution in [-0.4, -0.2) is 142 Å². The summed E-state index contributed by atoms with van der Waals surface area (Å²) in [6.07, 6.45) is 10.4. The summed E-state index contributed by atoms with van der Waals surface area (Å²) in [6, 6.07) is 0.0437. The lowest BCUT2D eigenvalue weighted by Gasteiger charge is -2.52. The van der Waals surface area contributed by atoms with Gasteiger partial charge in [0.1, 0.15) is 35.4 Å². The van der Waals surface area contributed by atoms with Gasteiger partial charge in [-0.3, -0.25) is 4.79 Å². The maximum atomic E-state index is 15.1. The van der Waals surface area contributed by atoms with Crippen molar-refractivity contribution in [2.24, 2.45) is 23.2 Å². The van der Waals surface area contributed by atoms with Gasteiger partial charge in [0.15, 0.2) is 18.4 Å². The van der Waals surface area contributed by atoms with Crippen molar-refractivity contribution in [3.8, 4) is 0 Å². The van der Waals surface area contributed by atoms with E-state index in [0.29, 0.717) is 56.3 Å². The molecule has 3 N–H and O–H groups in total. The van der Waals surface area contributed by atoms with Gasteiger partial charge in [-0.1, -0.05) is 70.6 Å². The van der Waals surface area contributed by atoms with Gasteiger partial charge >= 0.3 is 5.97 Å². The Labute approximate surface area is 374 Å². The number of fused-ring (bicyclic) bond motifs is 2. The lowest BCUT2D eigenvalue weighted by atomic mass is 9.55. The highest BCUT2D eigenvalue weighted by Crippen LogP contribution is 2.57. The molecule has 63 heavy (non-hydrogen) atoms. The van der Waals surface area contributed by atoms with Crippen LogP contribution in [0.4, 0.5) is 0 Å². The quantitative estimate of drug-likeness (QED) is 0.194. The van der Waals surface area contributed by atoms with Crippen molar-refractivity contribution in [1.29, 1.82) is 0 Å². The predicted octanol–water partition coefficient (Wildman–Crippen LogP) is 5.61. The third-order valence-corrected chi connectivity index (χ3v) is 15.0. The fraction of sp³-hybridized carbons (Fsp3) is 0.776. The van der Waals surface area contributed by atoms with Gasteiger partial charge < -0.3 is 62.9 Å². The summed E-state index contributed by atoms with van der Waals surface area (Å²) >= 11 is 0. The molecule has 7 rings (SSSR count). The van der Waals surface area contributed by atoms with Crippen LogP contribution in [0, 0.1) is 23.2 Å². The summed E-state index contributed by atoms with van der Waals surface area (Å²) in [5.41, 5.74) is -1.41. The van der Waals surface area contributed by atoms with E-state index in [1.807, 2.05) is 59.0 Å². The smallest absolute Gasteiger partial charge is 0.319 e. The van der Waals surface area contributed by atoms with E-state index in [4.69, 9.17) is 47.4 Å². The topological polar surface area (TPSA) is 162 Å². The molecule has 4 saturated heterocycles. The Morgan fingerprint density at radius 3 is 2.35 bits per heavy atom. The second-order valence-electron chi connectivity index (χ2n) is 19.3. The Balaban J connectivity index is 1.21. The van der Waals surface area contributed by atoms with E-state index in [0.717, 1.165) is 5.57 Å². The number of hydrogen-bond donors (Lipinski definition) is 3. The van der Waals surface area contributed by atoms with E-state index < -0.39 is 65.9 Å². The maximum Gasteiger partial charge on any atom is 0.319 e. The van der Waals surface area contributed by atoms with Crippen molar-refractivity contribution >= 4 is 5.97 Å². The van der Waals surface area contributed by atoms with E-state index in [9.17, 15) is 10.2 Å². The molecule has 6 heterocycles. The van der Waals surface area contributed by atoms with Crippen LogP contribution in [0.2, 0.25) is 0 Å². The van der Waals surface area contributed by atoms with Gasteiger partial charge in [-0.2, -0.15) is 0 Å². The summed E-state index contributed by atoms with van der Waals surface area (Å²) in [5, 5.41) is 28.0. The van der Waals surface area contributed by atoms with Crippen molar-refractivity contribution in [3.63, 3.8) is 0 Å². The van der Waals surface area contributed by atoms with Crippen molar-refractivity contribution in [2.45, 2.75) is 185 Å². The predicted molar refractivity (Wildman–Crippen MR) is 234 cm³/mol. The minimum absolute atomic E-state index is 0.0319. The molecular formula is C49H75NO13. The van der Waals surface area contributed by atoms with Crippen molar-refractivity contribution in [1.82, 2.24) is 5.32 Å². The molecule has 6 aliphatic heterocycles. The number of ether oxygens (including phenoxy) is 10. The number of carbonyl (C=O) groups is 1. The van der Waals surface area contributed by atoms with Crippen LogP contribution in [-0.2, 0) is 52.2 Å². The van der Waals surface area contributed by atoms with Gasteiger partial charge in [0.2, 0.25) is 0 Å². The molecule has 0 radical (unpaired) electrons. The molecule has 0 amide bonds. The van der Waals surface area contributed by atoms with Crippen LogP contribution in [0.15, 0.2) is 59.3 Å². The Hall–Kier alpha value is -2.31. The monoisotopic (exact) mass is 886 g/mol. The third kappa shape index (κ3) is 9.36. The SMILES string of the molecule is CC[C@H](C)C12C=C(C)C(O)C3OCC(=CC=CC(C)C(O[C@H]4C[C@H](OC)[C@@H](O[C@H]5C[C@H](OC)[C@@H](NC)[C@H](C)O5)[C@H](C)O4)C(C)=CCC4CC(CC5(C=CC(C)CO5)O4)OC1=O)C32O. The van der Waals surface area contributed by atoms with Gasteiger partial charge in [0, 0.05) is 45.8 Å². The zero-order valence-corrected chi connectivity index (χ0v) is 39.3. The van der Waals surface area contributed by atoms with Crippen LogP contribution < -0.4 is 5.32 Å². The van der Waals surface area contributed by atoms with Crippen LogP contribution in [0.1, 0.15) is 93.9 Å². The summed E-state index contributed by atoms with van der Waals surface area (Å²) in [6.45, 7) is 16.5. The number of likely N-dealkylation sites (N-methyl/N-ethyl adjacent to an activating group) is 1. The van der Waals surface area contributed by atoms with Gasteiger partial charge in [-0.25, -0.2) is 0 Å². The number of aliphatic hydroxyl groups is 2. The Morgan fingerprint density at radius 1 is 0.952 bits per heavy atom. The summed E-state index contributed by atoms with van der Waals surface area (Å²) in [5.74, 6) is -1.99. The highest BCUT2D eigenvalue weighted by Gasteiger charge is 2.70. The Bertz CT molecular complexity index is 1760. The molecule has 7 aliphatic rings. The number of hydrogen-bond acceptors (Lipinski definition) is 14. The molecular weight excluding hydrogens is 811 g/mol. The number of allylic oxidation sites excluding steroid dienone is 2. The largest absolute Gasteiger partial charge is 0.461 e. The van der Waals surface area contributed by atoms with Gasteiger partial charge in [-0.15, -0.1) is 0 Å². The van der Waals surface area contributed by atoms with Crippen LogP contribution in [0.5, 0.6) is 0 Å².